The monoisotopic (exact) mass is 557 g/mol. The highest BCUT2D eigenvalue weighted by Crippen LogP contribution is 2.35. The van der Waals surface area contributed by atoms with Crippen LogP contribution in [0, 0.1) is 0 Å². The molecule has 0 saturated heterocycles. The number of likely N-dealkylation sites (N-methyl/N-ethyl adjacent to an activating group) is 1. The molecule has 0 aliphatic carbocycles. The van der Waals surface area contributed by atoms with Gasteiger partial charge in [-0.15, -0.1) is 0 Å². The van der Waals surface area contributed by atoms with E-state index in [1.165, 1.54) is 41.3 Å². The fraction of sp³-hybridized carbons (Fsp3) is 0.269. The zero-order valence-corrected chi connectivity index (χ0v) is 21.8. The molecule has 0 bridgehead atoms. The van der Waals surface area contributed by atoms with E-state index in [4.69, 9.17) is 4.74 Å². The first-order valence-corrected chi connectivity index (χ1v) is 12.1. The highest BCUT2D eigenvalue weighted by Gasteiger charge is 2.35. The summed E-state index contributed by atoms with van der Waals surface area (Å²) in [6.45, 7) is 1.86. The first-order valence-electron chi connectivity index (χ1n) is 12.1. The minimum Gasteiger partial charge on any atom is -0.497 e. The van der Waals surface area contributed by atoms with Crippen LogP contribution in [-0.2, 0) is 17.5 Å². The van der Waals surface area contributed by atoms with Crippen LogP contribution in [0.25, 0.3) is 0 Å². The van der Waals surface area contributed by atoms with Crippen LogP contribution in [0.15, 0.2) is 48.7 Å². The Bertz CT molecular complexity index is 1450. The first-order chi connectivity index (χ1) is 19.0. The van der Waals surface area contributed by atoms with Gasteiger partial charge in [-0.05, 0) is 31.2 Å². The Hall–Kier alpha value is -4.88. The number of carbonyl (C=O) groups excluding carboxylic acids is 3. The second-order valence-electron chi connectivity index (χ2n) is 8.65. The van der Waals surface area contributed by atoms with Crippen molar-refractivity contribution in [3.05, 3.63) is 65.4 Å². The van der Waals surface area contributed by atoms with E-state index in [9.17, 15) is 27.6 Å². The standard InChI is InChI=1S/C26H26F3N7O4/c1-4-31-21(37)14-36-22-16(12-32-24(30-2)34-22)13-35(25(36)39)19-9-18(10-20(11-19)40-3)33-23(38)15-6-5-7-17(8-15)26(27,28)29/h5-12H,4,13-14H2,1-3H3,(H,31,37)(H,33,38)(H,30,32,34). The van der Waals surface area contributed by atoms with E-state index in [1.54, 1.807) is 20.0 Å². The van der Waals surface area contributed by atoms with E-state index in [1.807, 2.05) is 0 Å². The number of methoxy groups -OCH3 is 1. The number of nitrogens with zero attached hydrogens (tertiary/aromatic N) is 4. The van der Waals surface area contributed by atoms with Gasteiger partial charge in [-0.2, -0.15) is 18.2 Å². The van der Waals surface area contributed by atoms with Gasteiger partial charge in [0.05, 0.1) is 24.9 Å². The van der Waals surface area contributed by atoms with E-state index in [0.29, 0.717) is 17.8 Å². The van der Waals surface area contributed by atoms with Crippen molar-refractivity contribution in [1.29, 1.82) is 0 Å². The lowest BCUT2D eigenvalue weighted by Crippen LogP contribution is -2.51. The predicted molar refractivity (Wildman–Crippen MR) is 142 cm³/mol. The van der Waals surface area contributed by atoms with Gasteiger partial charge in [0.25, 0.3) is 5.91 Å². The summed E-state index contributed by atoms with van der Waals surface area (Å²) in [5, 5.41) is 8.03. The van der Waals surface area contributed by atoms with E-state index in [0.717, 1.165) is 18.2 Å². The van der Waals surface area contributed by atoms with Crippen molar-refractivity contribution in [1.82, 2.24) is 15.3 Å². The van der Waals surface area contributed by atoms with E-state index < -0.39 is 29.6 Å². The lowest BCUT2D eigenvalue weighted by molar-refractivity contribution is -0.137. The summed E-state index contributed by atoms with van der Waals surface area (Å²) in [6.07, 6.45) is -3.07. The molecule has 0 saturated carbocycles. The quantitative estimate of drug-likeness (QED) is 0.383. The molecular weight excluding hydrogens is 531 g/mol. The van der Waals surface area contributed by atoms with Crippen molar-refractivity contribution in [3.63, 3.8) is 0 Å². The number of anilines is 4. The number of carbonyl (C=O) groups is 3. The van der Waals surface area contributed by atoms with Gasteiger partial charge >= 0.3 is 12.2 Å². The molecule has 1 aromatic heterocycles. The minimum absolute atomic E-state index is 0.0399. The summed E-state index contributed by atoms with van der Waals surface area (Å²) < 4.78 is 44.7. The molecule has 0 unspecified atom stereocenters. The van der Waals surface area contributed by atoms with Gasteiger partial charge in [-0.3, -0.25) is 19.4 Å². The number of rotatable bonds is 8. The van der Waals surface area contributed by atoms with Crippen LogP contribution in [0.5, 0.6) is 5.75 Å². The van der Waals surface area contributed by atoms with Crippen molar-refractivity contribution >= 4 is 41.0 Å². The van der Waals surface area contributed by atoms with E-state index >= 15 is 0 Å². The Morgan fingerprint density at radius 3 is 2.60 bits per heavy atom. The van der Waals surface area contributed by atoms with Crippen molar-refractivity contribution in [3.8, 4) is 5.75 Å². The smallest absolute Gasteiger partial charge is 0.416 e. The van der Waals surface area contributed by atoms with Gasteiger partial charge in [0.2, 0.25) is 11.9 Å². The maximum atomic E-state index is 13.7. The maximum absolute atomic E-state index is 13.7. The Morgan fingerprint density at radius 1 is 1.15 bits per heavy atom. The van der Waals surface area contributed by atoms with E-state index in [-0.39, 0.29) is 41.9 Å². The summed E-state index contributed by atoms with van der Waals surface area (Å²) in [5.41, 5.74) is -0.131. The van der Waals surface area contributed by atoms with Gasteiger partial charge in [-0.25, -0.2) is 9.78 Å². The summed E-state index contributed by atoms with van der Waals surface area (Å²) in [5.74, 6) is -0.374. The van der Waals surface area contributed by atoms with Crippen LogP contribution in [0.4, 0.5) is 41.1 Å². The number of amides is 4. The molecule has 0 spiro atoms. The number of benzene rings is 2. The fourth-order valence-corrected chi connectivity index (χ4v) is 4.05. The molecule has 4 amide bonds. The average Bonchev–Trinajstić information content (AvgIpc) is 2.93. The molecule has 210 valence electrons. The molecule has 0 atom stereocenters. The third-order valence-corrected chi connectivity index (χ3v) is 5.94. The lowest BCUT2D eigenvalue weighted by atomic mass is 10.1. The van der Waals surface area contributed by atoms with Crippen molar-refractivity contribution < 1.29 is 32.3 Å². The molecule has 2 heterocycles. The summed E-state index contributed by atoms with van der Waals surface area (Å²) in [6, 6.07) is 7.95. The normalized spacial score (nSPS) is 13.0. The number of nitrogens with one attached hydrogen (secondary N) is 3. The Morgan fingerprint density at radius 2 is 1.93 bits per heavy atom. The molecule has 2 aromatic carbocycles. The molecule has 4 rings (SSSR count). The Balaban J connectivity index is 1.68. The second kappa shape index (κ2) is 11.5. The number of hydrogen-bond acceptors (Lipinski definition) is 7. The third kappa shape index (κ3) is 6.06. The molecule has 1 aliphatic rings. The van der Waals surface area contributed by atoms with Crippen LogP contribution < -0.4 is 30.5 Å². The molecule has 1 aliphatic heterocycles. The SMILES string of the molecule is CCNC(=O)CN1C(=O)N(c2cc(NC(=O)c3cccc(C(F)(F)F)c3)cc(OC)c2)Cc2cnc(NC)nc21. The zero-order chi connectivity index (χ0) is 29.0. The van der Waals surface area contributed by atoms with Crippen LogP contribution in [-0.4, -0.2) is 55.1 Å². The number of ether oxygens (including phenoxy) is 1. The fourth-order valence-electron chi connectivity index (χ4n) is 4.05. The lowest BCUT2D eigenvalue weighted by Gasteiger charge is -2.36. The Kier molecular flexibility index (Phi) is 8.07. The number of halogens is 3. The van der Waals surface area contributed by atoms with Gasteiger partial charge in [0.15, 0.2) is 0 Å². The number of aromatic nitrogens is 2. The molecule has 3 N–H and O–H groups in total. The number of hydrogen-bond donors (Lipinski definition) is 3. The Labute approximate surface area is 227 Å². The average molecular weight is 558 g/mol. The minimum atomic E-state index is -4.61. The second-order valence-corrected chi connectivity index (χ2v) is 8.65. The summed E-state index contributed by atoms with van der Waals surface area (Å²) >= 11 is 0. The van der Waals surface area contributed by atoms with Crippen LogP contribution in [0.2, 0.25) is 0 Å². The predicted octanol–water partition coefficient (Wildman–Crippen LogP) is 3.88. The number of urea groups is 1. The van der Waals surface area contributed by atoms with E-state index in [2.05, 4.69) is 25.9 Å². The maximum Gasteiger partial charge on any atom is 0.416 e. The molecular formula is C26H26F3N7O4. The molecule has 11 nitrogen and oxygen atoms in total. The van der Waals surface area contributed by atoms with Gasteiger partial charge in [0.1, 0.15) is 18.1 Å². The number of fused-ring (bicyclic) bond motifs is 1. The van der Waals surface area contributed by atoms with Gasteiger partial charge in [-0.1, -0.05) is 6.07 Å². The van der Waals surface area contributed by atoms with Crippen LogP contribution in [0.1, 0.15) is 28.4 Å². The molecule has 40 heavy (non-hydrogen) atoms. The highest BCUT2D eigenvalue weighted by molar-refractivity contribution is 6.09. The zero-order valence-electron chi connectivity index (χ0n) is 21.8. The van der Waals surface area contributed by atoms with Crippen LogP contribution in [0.3, 0.4) is 0 Å². The highest BCUT2D eigenvalue weighted by atomic mass is 19.4. The molecule has 0 fully saturated rings. The van der Waals surface area contributed by atoms with Crippen molar-refractivity contribution in [2.75, 3.05) is 47.7 Å². The van der Waals surface area contributed by atoms with Crippen molar-refractivity contribution in [2.24, 2.45) is 0 Å². The molecule has 3 aromatic rings. The van der Waals surface area contributed by atoms with Crippen LogP contribution >= 0.6 is 0 Å². The van der Waals surface area contributed by atoms with Gasteiger partial charge < -0.3 is 20.7 Å². The topological polar surface area (TPSA) is 129 Å². The largest absolute Gasteiger partial charge is 0.497 e. The molecule has 0 radical (unpaired) electrons. The van der Waals surface area contributed by atoms with Gasteiger partial charge in [0, 0.05) is 48.7 Å². The number of alkyl halides is 3. The summed E-state index contributed by atoms with van der Waals surface area (Å²) in [4.78, 5) is 50.1. The third-order valence-electron chi connectivity index (χ3n) is 5.94. The van der Waals surface area contributed by atoms with Crippen molar-refractivity contribution in [2.45, 2.75) is 19.6 Å². The first kappa shape index (κ1) is 28.1. The molecule has 14 heteroatoms. The summed E-state index contributed by atoms with van der Waals surface area (Å²) in [7, 11) is 3.01.